The van der Waals surface area contributed by atoms with E-state index in [1.807, 2.05) is 72.8 Å². The van der Waals surface area contributed by atoms with Gasteiger partial charge in [-0.2, -0.15) is 0 Å². The maximum Gasteiger partial charge on any atom is 0.341 e. The molecule has 0 aromatic heterocycles. The number of fused-ring (bicyclic) bond motifs is 1. The molecule has 0 radical (unpaired) electrons. The average molecular weight is 520 g/mol. The van der Waals surface area contributed by atoms with Crippen LogP contribution in [-0.2, 0) is 15.3 Å². The predicted molar refractivity (Wildman–Crippen MR) is 157 cm³/mol. The van der Waals surface area contributed by atoms with Gasteiger partial charge in [0.25, 0.3) is 0 Å². The molecular formula is C33H33N3O3. The highest BCUT2D eigenvalue weighted by molar-refractivity contribution is 5.96. The Balaban J connectivity index is 1.63. The van der Waals surface area contributed by atoms with E-state index in [4.69, 9.17) is 4.74 Å². The normalized spacial score (nSPS) is 15.8. The first-order valence-electron chi connectivity index (χ1n) is 13.3. The first-order chi connectivity index (χ1) is 18.9. The summed E-state index contributed by atoms with van der Waals surface area (Å²) in [7, 11) is 0. The number of nitrogens with one attached hydrogen (secondary N) is 2. The van der Waals surface area contributed by atoms with Gasteiger partial charge < -0.3 is 20.3 Å². The van der Waals surface area contributed by atoms with E-state index < -0.39 is 5.72 Å². The number of esters is 1. The van der Waals surface area contributed by atoms with Crippen LogP contribution in [0.2, 0.25) is 0 Å². The van der Waals surface area contributed by atoms with Crippen molar-refractivity contribution >= 4 is 28.9 Å². The van der Waals surface area contributed by atoms with E-state index in [2.05, 4.69) is 54.5 Å². The van der Waals surface area contributed by atoms with Crippen LogP contribution < -0.4 is 15.5 Å². The summed E-state index contributed by atoms with van der Waals surface area (Å²) in [6, 6.07) is 29.5. The number of benzene rings is 4. The lowest BCUT2D eigenvalue weighted by Gasteiger charge is -2.34. The van der Waals surface area contributed by atoms with E-state index in [0.29, 0.717) is 5.56 Å². The highest BCUT2D eigenvalue weighted by Crippen LogP contribution is 2.45. The van der Waals surface area contributed by atoms with E-state index in [1.54, 1.807) is 0 Å². The highest BCUT2D eigenvalue weighted by atomic mass is 16.6. The van der Waals surface area contributed by atoms with Crippen LogP contribution in [0.15, 0.2) is 91.0 Å². The van der Waals surface area contributed by atoms with Gasteiger partial charge in [0.1, 0.15) is 0 Å². The Morgan fingerprint density at radius 3 is 2.18 bits per heavy atom. The average Bonchev–Trinajstić information content (AvgIpc) is 3.22. The lowest BCUT2D eigenvalue weighted by Crippen LogP contribution is -2.38. The van der Waals surface area contributed by atoms with Gasteiger partial charge in [0, 0.05) is 53.8 Å². The molecule has 0 fully saturated rings. The molecule has 1 aliphatic heterocycles. The number of carbonyl (C=O) groups is 2. The number of amides is 1. The molecule has 5 rings (SSSR count). The molecule has 0 aliphatic carbocycles. The Kier molecular flexibility index (Phi) is 7.11. The van der Waals surface area contributed by atoms with Crippen molar-refractivity contribution in [2.45, 2.75) is 33.4 Å². The maximum atomic E-state index is 13.2. The van der Waals surface area contributed by atoms with Crippen LogP contribution in [0.5, 0.6) is 0 Å². The minimum absolute atomic E-state index is 0.115. The minimum Gasteiger partial charge on any atom is -0.427 e. The van der Waals surface area contributed by atoms with E-state index in [0.717, 1.165) is 58.0 Å². The van der Waals surface area contributed by atoms with Gasteiger partial charge in [-0.15, -0.1) is 0 Å². The van der Waals surface area contributed by atoms with Crippen molar-refractivity contribution in [3.05, 3.63) is 113 Å². The van der Waals surface area contributed by atoms with Crippen molar-refractivity contribution < 1.29 is 14.3 Å². The molecule has 1 aliphatic rings. The number of rotatable bonds is 8. The molecule has 198 valence electrons. The first-order valence-corrected chi connectivity index (χ1v) is 13.3. The largest absolute Gasteiger partial charge is 0.427 e. The van der Waals surface area contributed by atoms with E-state index in [-0.39, 0.29) is 11.9 Å². The fraction of sp³-hybridized carbons (Fsp3) is 0.212. The van der Waals surface area contributed by atoms with Crippen molar-refractivity contribution in [1.29, 1.82) is 0 Å². The first kappa shape index (κ1) is 26.0. The summed E-state index contributed by atoms with van der Waals surface area (Å²) >= 11 is 0. The second-order valence-corrected chi connectivity index (χ2v) is 9.72. The molecule has 0 saturated heterocycles. The number of hydrogen-bond donors (Lipinski definition) is 2. The van der Waals surface area contributed by atoms with Crippen LogP contribution in [0.4, 0.5) is 17.1 Å². The van der Waals surface area contributed by atoms with Gasteiger partial charge in [-0.05, 0) is 68.3 Å². The number of aryl methyl sites for hydroxylation is 1. The molecular weight excluding hydrogens is 486 g/mol. The second kappa shape index (κ2) is 10.7. The fourth-order valence-corrected chi connectivity index (χ4v) is 5.38. The maximum absolute atomic E-state index is 13.2. The summed E-state index contributed by atoms with van der Waals surface area (Å²) in [5.74, 6) is -0.474. The Bertz CT molecular complexity index is 1530. The monoisotopic (exact) mass is 519 g/mol. The predicted octanol–water partition coefficient (Wildman–Crippen LogP) is 6.95. The zero-order chi connectivity index (χ0) is 27.6. The van der Waals surface area contributed by atoms with Gasteiger partial charge in [-0.3, -0.25) is 4.79 Å². The molecule has 0 spiro atoms. The molecule has 39 heavy (non-hydrogen) atoms. The summed E-state index contributed by atoms with van der Waals surface area (Å²) in [5.41, 5.74) is 6.63. The molecule has 0 saturated carbocycles. The number of carbonyl (C=O) groups excluding carboxylic acids is 2. The van der Waals surface area contributed by atoms with Crippen LogP contribution in [0, 0.1) is 6.92 Å². The summed E-state index contributed by atoms with van der Waals surface area (Å²) in [6.45, 7) is 9.65. The van der Waals surface area contributed by atoms with E-state index in [9.17, 15) is 9.59 Å². The minimum atomic E-state index is -1.20. The molecule has 6 heteroatoms. The SMILES string of the molecule is CCN(CC)c1ccc(C2(Nc3ccccc3-c3ccc(NC(C)=O)cc3)OC(=O)c3ccccc32)c(C)c1. The van der Waals surface area contributed by atoms with E-state index >= 15 is 0 Å². The number of cyclic esters (lactones) is 1. The Hall–Kier alpha value is -4.58. The third-order valence-corrected chi connectivity index (χ3v) is 7.24. The van der Waals surface area contributed by atoms with Gasteiger partial charge in [0.05, 0.1) is 5.56 Å². The van der Waals surface area contributed by atoms with Crippen molar-refractivity contribution in [2.75, 3.05) is 28.6 Å². The summed E-state index contributed by atoms with van der Waals surface area (Å²) < 4.78 is 6.29. The van der Waals surface area contributed by atoms with Crippen molar-refractivity contribution in [2.24, 2.45) is 0 Å². The number of nitrogens with zero attached hydrogens (tertiary/aromatic N) is 1. The van der Waals surface area contributed by atoms with Gasteiger partial charge in [0.2, 0.25) is 11.6 Å². The van der Waals surface area contributed by atoms with Crippen LogP contribution in [-0.4, -0.2) is 25.0 Å². The molecule has 6 nitrogen and oxygen atoms in total. The molecule has 4 aromatic carbocycles. The Labute approximate surface area is 229 Å². The van der Waals surface area contributed by atoms with Gasteiger partial charge in [-0.25, -0.2) is 4.79 Å². The summed E-state index contributed by atoms with van der Waals surface area (Å²) in [4.78, 5) is 27.0. The quantitative estimate of drug-likeness (QED) is 0.247. The van der Waals surface area contributed by atoms with Crippen LogP contribution in [0.3, 0.4) is 0 Å². The molecule has 1 atom stereocenters. The van der Waals surface area contributed by atoms with Crippen LogP contribution in [0.1, 0.15) is 47.8 Å². The van der Waals surface area contributed by atoms with Gasteiger partial charge in [0.15, 0.2) is 0 Å². The van der Waals surface area contributed by atoms with Crippen molar-refractivity contribution in [3.63, 3.8) is 0 Å². The lowest BCUT2D eigenvalue weighted by atomic mass is 9.88. The number of anilines is 3. The zero-order valence-corrected chi connectivity index (χ0v) is 22.7. The summed E-state index contributed by atoms with van der Waals surface area (Å²) in [6.07, 6.45) is 0. The van der Waals surface area contributed by atoms with Crippen molar-refractivity contribution in [1.82, 2.24) is 0 Å². The molecule has 1 heterocycles. The molecule has 1 unspecified atom stereocenters. The Morgan fingerprint density at radius 2 is 1.51 bits per heavy atom. The van der Waals surface area contributed by atoms with Gasteiger partial charge in [-0.1, -0.05) is 54.6 Å². The smallest absolute Gasteiger partial charge is 0.341 e. The number of para-hydroxylation sites is 1. The van der Waals surface area contributed by atoms with Crippen LogP contribution in [0.25, 0.3) is 11.1 Å². The van der Waals surface area contributed by atoms with Crippen LogP contribution >= 0.6 is 0 Å². The number of hydrogen-bond acceptors (Lipinski definition) is 5. The zero-order valence-electron chi connectivity index (χ0n) is 22.7. The third-order valence-electron chi connectivity index (χ3n) is 7.24. The highest BCUT2D eigenvalue weighted by Gasteiger charge is 2.48. The van der Waals surface area contributed by atoms with Crippen molar-refractivity contribution in [3.8, 4) is 11.1 Å². The molecule has 4 aromatic rings. The molecule has 0 bridgehead atoms. The lowest BCUT2D eigenvalue weighted by molar-refractivity contribution is -0.114. The topological polar surface area (TPSA) is 70.7 Å². The fourth-order valence-electron chi connectivity index (χ4n) is 5.38. The molecule has 2 N–H and O–H groups in total. The summed E-state index contributed by atoms with van der Waals surface area (Å²) in [5, 5.41) is 6.47. The second-order valence-electron chi connectivity index (χ2n) is 9.72. The number of ether oxygens (including phenoxy) is 1. The van der Waals surface area contributed by atoms with Gasteiger partial charge >= 0.3 is 5.97 Å². The molecule has 1 amide bonds. The third kappa shape index (κ3) is 4.86. The standard InChI is InChI=1S/C33H33N3O3/c1-5-36(6-2)26-19-20-29(22(3)21-26)33(30-13-9-7-12-28(30)32(38)39-33)35-31-14-10-8-11-27(31)24-15-17-25(18-16-24)34-23(4)37/h7-21,35H,5-6H2,1-4H3,(H,34,37). The van der Waals surface area contributed by atoms with E-state index in [1.165, 1.54) is 6.92 Å². The Morgan fingerprint density at radius 1 is 0.846 bits per heavy atom.